The van der Waals surface area contributed by atoms with Crippen molar-refractivity contribution in [3.63, 3.8) is 0 Å². The van der Waals surface area contributed by atoms with Crippen molar-refractivity contribution in [1.29, 1.82) is 0 Å². The maximum absolute atomic E-state index is 10.5. The minimum absolute atomic E-state index is 0.0946. The molecule has 2 rings (SSSR count). The van der Waals surface area contributed by atoms with Crippen LogP contribution in [0.5, 0.6) is 0 Å². The lowest BCUT2D eigenvalue weighted by Gasteiger charge is -2.07. The Labute approximate surface area is 110 Å². The van der Waals surface area contributed by atoms with Gasteiger partial charge in [-0.3, -0.25) is 10.1 Å². The Morgan fingerprint density at radius 2 is 1.79 bits per heavy atom. The maximum atomic E-state index is 10.5. The SMILES string of the molecule is O=[N+]([O-])c1ccc(NCCNc2ccccn2)cc1. The molecule has 0 aliphatic heterocycles. The molecule has 19 heavy (non-hydrogen) atoms. The fraction of sp³-hybridized carbons (Fsp3) is 0.154. The Kier molecular flexibility index (Phi) is 4.28. The van der Waals surface area contributed by atoms with Crippen LogP contribution in [-0.2, 0) is 0 Å². The largest absolute Gasteiger partial charge is 0.383 e. The lowest BCUT2D eigenvalue weighted by Crippen LogP contribution is -2.14. The third-order valence-electron chi connectivity index (χ3n) is 2.50. The minimum Gasteiger partial charge on any atom is -0.383 e. The molecule has 2 N–H and O–H groups in total. The zero-order valence-electron chi connectivity index (χ0n) is 10.2. The molecular weight excluding hydrogens is 244 g/mol. The molecule has 1 heterocycles. The smallest absolute Gasteiger partial charge is 0.269 e. The third kappa shape index (κ3) is 3.95. The fourth-order valence-corrected chi connectivity index (χ4v) is 1.57. The van der Waals surface area contributed by atoms with Gasteiger partial charge in [0.1, 0.15) is 5.82 Å². The van der Waals surface area contributed by atoms with Crippen molar-refractivity contribution >= 4 is 17.2 Å². The standard InChI is InChI=1S/C13H14N4O2/c18-17(19)12-6-4-11(5-7-12)14-9-10-16-13-3-1-2-8-15-13/h1-8,14H,9-10H2,(H,15,16). The first-order chi connectivity index (χ1) is 9.25. The zero-order valence-corrected chi connectivity index (χ0v) is 10.2. The van der Waals surface area contributed by atoms with Gasteiger partial charge in [-0.15, -0.1) is 0 Å². The van der Waals surface area contributed by atoms with Gasteiger partial charge in [-0.1, -0.05) is 6.07 Å². The van der Waals surface area contributed by atoms with E-state index in [1.54, 1.807) is 18.3 Å². The Morgan fingerprint density at radius 3 is 2.42 bits per heavy atom. The van der Waals surface area contributed by atoms with Crippen molar-refractivity contribution in [3.05, 3.63) is 58.8 Å². The van der Waals surface area contributed by atoms with Crippen LogP contribution in [-0.4, -0.2) is 23.0 Å². The van der Waals surface area contributed by atoms with Crippen LogP contribution in [0.2, 0.25) is 0 Å². The number of hydrogen-bond acceptors (Lipinski definition) is 5. The summed E-state index contributed by atoms with van der Waals surface area (Å²) in [4.78, 5) is 14.2. The fourth-order valence-electron chi connectivity index (χ4n) is 1.57. The summed E-state index contributed by atoms with van der Waals surface area (Å²) < 4.78 is 0. The van der Waals surface area contributed by atoms with Crippen molar-refractivity contribution < 1.29 is 4.92 Å². The molecule has 0 unspecified atom stereocenters. The van der Waals surface area contributed by atoms with E-state index in [2.05, 4.69) is 15.6 Å². The number of anilines is 2. The van der Waals surface area contributed by atoms with Crippen molar-refractivity contribution in [2.45, 2.75) is 0 Å². The van der Waals surface area contributed by atoms with Crippen molar-refractivity contribution in [2.75, 3.05) is 23.7 Å². The van der Waals surface area contributed by atoms with Gasteiger partial charge < -0.3 is 10.6 Å². The first-order valence-corrected chi connectivity index (χ1v) is 5.89. The molecule has 0 saturated heterocycles. The lowest BCUT2D eigenvalue weighted by molar-refractivity contribution is -0.384. The maximum Gasteiger partial charge on any atom is 0.269 e. The summed E-state index contributed by atoms with van der Waals surface area (Å²) in [5.74, 6) is 0.827. The molecule has 0 bridgehead atoms. The number of aromatic nitrogens is 1. The second-order valence-electron chi connectivity index (χ2n) is 3.87. The van der Waals surface area contributed by atoms with E-state index in [4.69, 9.17) is 0 Å². The molecule has 0 radical (unpaired) electrons. The molecule has 0 fully saturated rings. The predicted octanol–water partition coefficient (Wildman–Crippen LogP) is 2.51. The van der Waals surface area contributed by atoms with E-state index in [1.807, 2.05) is 18.2 Å². The van der Waals surface area contributed by atoms with Crippen LogP contribution in [0, 0.1) is 10.1 Å². The number of rotatable bonds is 6. The Hall–Kier alpha value is -2.63. The topological polar surface area (TPSA) is 80.1 Å². The highest BCUT2D eigenvalue weighted by Crippen LogP contribution is 2.14. The third-order valence-corrected chi connectivity index (χ3v) is 2.50. The number of nitro benzene ring substituents is 1. The predicted molar refractivity (Wildman–Crippen MR) is 74.3 cm³/mol. The van der Waals surface area contributed by atoms with E-state index in [9.17, 15) is 10.1 Å². The average molecular weight is 258 g/mol. The van der Waals surface area contributed by atoms with Crippen LogP contribution in [0.3, 0.4) is 0 Å². The molecular formula is C13H14N4O2. The van der Waals surface area contributed by atoms with Crippen molar-refractivity contribution in [1.82, 2.24) is 4.98 Å². The molecule has 1 aromatic carbocycles. The van der Waals surface area contributed by atoms with E-state index in [-0.39, 0.29) is 5.69 Å². The van der Waals surface area contributed by atoms with E-state index < -0.39 is 4.92 Å². The van der Waals surface area contributed by atoms with Gasteiger partial charge in [-0.25, -0.2) is 4.98 Å². The van der Waals surface area contributed by atoms with Gasteiger partial charge in [0.25, 0.3) is 5.69 Å². The number of pyridine rings is 1. The second kappa shape index (κ2) is 6.34. The minimum atomic E-state index is -0.410. The summed E-state index contributed by atoms with van der Waals surface area (Å²) in [5.41, 5.74) is 0.950. The summed E-state index contributed by atoms with van der Waals surface area (Å²) in [6.07, 6.45) is 1.73. The monoisotopic (exact) mass is 258 g/mol. The van der Waals surface area contributed by atoms with Crippen LogP contribution in [0.1, 0.15) is 0 Å². The van der Waals surface area contributed by atoms with Crippen LogP contribution < -0.4 is 10.6 Å². The van der Waals surface area contributed by atoms with E-state index in [1.165, 1.54) is 12.1 Å². The van der Waals surface area contributed by atoms with Crippen molar-refractivity contribution in [3.8, 4) is 0 Å². The number of hydrogen-bond donors (Lipinski definition) is 2. The summed E-state index contributed by atoms with van der Waals surface area (Å²) >= 11 is 0. The number of benzene rings is 1. The molecule has 0 atom stereocenters. The average Bonchev–Trinajstić information content (AvgIpc) is 2.45. The molecule has 0 saturated carbocycles. The highest BCUT2D eigenvalue weighted by molar-refractivity contribution is 5.48. The van der Waals surface area contributed by atoms with Crippen LogP contribution in [0.4, 0.5) is 17.2 Å². The Balaban J connectivity index is 1.75. The van der Waals surface area contributed by atoms with E-state index >= 15 is 0 Å². The Morgan fingerprint density at radius 1 is 1.05 bits per heavy atom. The van der Waals surface area contributed by atoms with Crippen molar-refractivity contribution in [2.24, 2.45) is 0 Å². The highest BCUT2D eigenvalue weighted by atomic mass is 16.6. The number of nitro groups is 1. The first-order valence-electron chi connectivity index (χ1n) is 5.89. The van der Waals surface area contributed by atoms with Gasteiger partial charge in [0, 0.05) is 37.1 Å². The second-order valence-corrected chi connectivity index (χ2v) is 3.87. The van der Waals surface area contributed by atoms with Crippen LogP contribution in [0.25, 0.3) is 0 Å². The van der Waals surface area contributed by atoms with Gasteiger partial charge in [-0.05, 0) is 24.3 Å². The summed E-state index contributed by atoms with van der Waals surface area (Å²) in [6.45, 7) is 1.42. The summed E-state index contributed by atoms with van der Waals surface area (Å²) in [7, 11) is 0. The first kappa shape index (κ1) is 12.8. The molecule has 0 spiro atoms. The van der Waals surface area contributed by atoms with Gasteiger partial charge in [-0.2, -0.15) is 0 Å². The summed E-state index contributed by atoms with van der Waals surface area (Å²) in [5, 5.41) is 16.8. The lowest BCUT2D eigenvalue weighted by atomic mass is 10.3. The van der Waals surface area contributed by atoms with Crippen LogP contribution in [0.15, 0.2) is 48.7 Å². The molecule has 6 nitrogen and oxygen atoms in total. The molecule has 0 aliphatic rings. The normalized spacial score (nSPS) is 9.89. The number of non-ortho nitro benzene ring substituents is 1. The molecule has 2 aromatic rings. The van der Waals surface area contributed by atoms with E-state index in [0.29, 0.717) is 13.1 Å². The number of nitrogens with one attached hydrogen (secondary N) is 2. The zero-order chi connectivity index (χ0) is 13.5. The molecule has 6 heteroatoms. The number of nitrogens with zero attached hydrogens (tertiary/aromatic N) is 2. The van der Waals surface area contributed by atoms with Gasteiger partial charge in [0.15, 0.2) is 0 Å². The molecule has 98 valence electrons. The van der Waals surface area contributed by atoms with Gasteiger partial charge in [0.05, 0.1) is 4.92 Å². The summed E-state index contributed by atoms with van der Waals surface area (Å²) in [6, 6.07) is 12.0. The van der Waals surface area contributed by atoms with Crippen LogP contribution >= 0.6 is 0 Å². The highest BCUT2D eigenvalue weighted by Gasteiger charge is 2.03. The Bertz CT molecular complexity index is 528. The molecule has 1 aromatic heterocycles. The quantitative estimate of drug-likeness (QED) is 0.472. The van der Waals surface area contributed by atoms with Gasteiger partial charge in [0.2, 0.25) is 0 Å². The molecule has 0 amide bonds. The van der Waals surface area contributed by atoms with Gasteiger partial charge >= 0.3 is 0 Å². The van der Waals surface area contributed by atoms with E-state index in [0.717, 1.165) is 11.5 Å². The molecule has 0 aliphatic carbocycles.